The normalized spacial score (nSPS) is 22.4. The van der Waals surface area contributed by atoms with Gasteiger partial charge in [-0.15, -0.1) is 0 Å². The quantitative estimate of drug-likeness (QED) is 0.666. The molecule has 0 aromatic heterocycles. The Morgan fingerprint density at radius 3 is 2.47 bits per heavy atom. The Bertz CT molecular complexity index is 985. The molecule has 0 spiro atoms. The molecule has 6 heteroatoms. The Balaban J connectivity index is 1.37. The van der Waals surface area contributed by atoms with Crippen LogP contribution >= 0.6 is 0 Å². The van der Waals surface area contributed by atoms with Gasteiger partial charge in [0.2, 0.25) is 0 Å². The number of aliphatic hydroxyl groups is 1. The third kappa shape index (κ3) is 4.74. The van der Waals surface area contributed by atoms with Gasteiger partial charge < -0.3 is 24.4 Å². The maximum Gasteiger partial charge on any atom is 0.254 e. The minimum absolute atomic E-state index is 0.00502. The predicted octanol–water partition coefficient (Wildman–Crippen LogP) is 4.19. The number of methoxy groups -OCH3 is 1. The number of carbonyl (C=O) groups excluding carboxylic acids is 1. The lowest BCUT2D eigenvalue weighted by Crippen LogP contribution is -2.62. The van der Waals surface area contributed by atoms with Crippen molar-refractivity contribution in [3.05, 3.63) is 54.1 Å². The number of benzene rings is 2. The molecule has 34 heavy (non-hydrogen) atoms. The molecular formula is C28H36N2O4. The molecule has 6 nitrogen and oxygen atoms in total. The van der Waals surface area contributed by atoms with Crippen molar-refractivity contribution >= 4 is 11.6 Å². The molecule has 2 aromatic carbocycles. The van der Waals surface area contributed by atoms with Crippen molar-refractivity contribution in [3.63, 3.8) is 0 Å². The SMILES string of the molecule is COc1ccc(N2CCN(C(=O)C3(O)CCC3)C(Cc3ccccc3)C2)cc1OC1CCCC1. The summed E-state index contributed by atoms with van der Waals surface area (Å²) in [6, 6.07) is 16.5. The zero-order chi connectivity index (χ0) is 23.5. The molecule has 1 heterocycles. The van der Waals surface area contributed by atoms with E-state index in [1.165, 1.54) is 18.4 Å². The first-order valence-electron chi connectivity index (χ1n) is 12.7. The minimum atomic E-state index is -1.17. The van der Waals surface area contributed by atoms with Crippen molar-refractivity contribution in [1.29, 1.82) is 0 Å². The average molecular weight is 465 g/mol. The molecule has 5 rings (SSSR count). The molecule has 1 N–H and O–H groups in total. The van der Waals surface area contributed by atoms with E-state index in [1.54, 1.807) is 7.11 Å². The van der Waals surface area contributed by atoms with Crippen LogP contribution in [-0.4, -0.2) is 60.4 Å². The first-order valence-corrected chi connectivity index (χ1v) is 12.7. The van der Waals surface area contributed by atoms with E-state index in [2.05, 4.69) is 29.2 Å². The van der Waals surface area contributed by atoms with E-state index in [-0.39, 0.29) is 18.1 Å². The summed E-state index contributed by atoms with van der Waals surface area (Å²) in [6.07, 6.45) is 7.71. The lowest BCUT2D eigenvalue weighted by Gasteiger charge is -2.47. The zero-order valence-corrected chi connectivity index (χ0v) is 20.1. The van der Waals surface area contributed by atoms with Gasteiger partial charge in [0.15, 0.2) is 11.5 Å². The van der Waals surface area contributed by atoms with E-state index >= 15 is 0 Å². The summed E-state index contributed by atoms with van der Waals surface area (Å²) in [7, 11) is 1.68. The summed E-state index contributed by atoms with van der Waals surface area (Å²) in [5.41, 5.74) is 1.12. The van der Waals surface area contributed by atoms with Crippen molar-refractivity contribution in [2.24, 2.45) is 0 Å². The van der Waals surface area contributed by atoms with Crippen molar-refractivity contribution in [3.8, 4) is 11.5 Å². The average Bonchev–Trinajstić information content (AvgIpc) is 3.36. The molecule has 1 atom stereocenters. The molecule has 3 fully saturated rings. The summed E-state index contributed by atoms with van der Waals surface area (Å²) < 4.78 is 11.9. The highest BCUT2D eigenvalue weighted by Gasteiger charge is 2.47. The molecule has 1 unspecified atom stereocenters. The number of carbonyl (C=O) groups is 1. The van der Waals surface area contributed by atoms with Gasteiger partial charge in [-0.05, 0) is 69.1 Å². The van der Waals surface area contributed by atoms with Crippen LogP contribution in [-0.2, 0) is 11.2 Å². The number of anilines is 1. The highest BCUT2D eigenvalue weighted by atomic mass is 16.5. The Morgan fingerprint density at radius 1 is 1.03 bits per heavy atom. The second-order valence-electron chi connectivity index (χ2n) is 10.0. The number of rotatable bonds is 7. The van der Waals surface area contributed by atoms with Crippen LogP contribution in [0, 0.1) is 0 Å². The molecule has 2 aromatic rings. The van der Waals surface area contributed by atoms with Gasteiger partial charge in [0.05, 0.1) is 19.3 Å². The maximum absolute atomic E-state index is 13.3. The van der Waals surface area contributed by atoms with Crippen LogP contribution in [0.4, 0.5) is 5.69 Å². The standard InChI is InChI=1S/C28H36N2O4/c1-33-25-13-12-22(19-26(25)34-24-10-5-6-11-24)29-16-17-30(27(31)28(32)14-7-15-28)23(20-29)18-21-8-3-2-4-9-21/h2-4,8-9,12-13,19,23-24,32H,5-7,10-11,14-18,20H2,1H3. The summed E-state index contributed by atoms with van der Waals surface area (Å²) in [6.45, 7) is 2.04. The van der Waals surface area contributed by atoms with Gasteiger partial charge in [0, 0.05) is 31.4 Å². The molecule has 182 valence electrons. The van der Waals surface area contributed by atoms with E-state index in [4.69, 9.17) is 9.47 Å². The van der Waals surface area contributed by atoms with E-state index < -0.39 is 5.60 Å². The summed E-state index contributed by atoms with van der Waals surface area (Å²) in [4.78, 5) is 17.6. The number of amides is 1. The number of nitrogens with zero attached hydrogens (tertiary/aromatic N) is 2. The summed E-state index contributed by atoms with van der Waals surface area (Å²) >= 11 is 0. The zero-order valence-electron chi connectivity index (χ0n) is 20.1. The molecule has 2 saturated carbocycles. The third-order valence-electron chi connectivity index (χ3n) is 7.74. The highest BCUT2D eigenvalue weighted by Crippen LogP contribution is 2.37. The Morgan fingerprint density at radius 2 is 1.79 bits per heavy atom. The van der Waals surface area contributed by atoms with Crippen molar-refractivity contribution in [2.75, 3.05) is 31.6 Å². The first kappa shape index (κ1) is 23.0. The minimum Gasteiger partial charge on any atom is -0.493 e. The Labute approximate surface area is 202 Å². The fourth-order valence-corrected chi connectivity index (χ4v) is 5.55. The number of hydrogen-bond acceptors (Lipinski definition) is 5. The largest absolute Gasteiger partial charge is 0.493 e. The van der Waals surface area contributed by atoms with Gasteiger partial charge in [-0.25, -0.2) is 0 Å². The van der Waals surface area contributed by atoms with Crippen molar-refractivity contribution < 1.29 is 19.4 Å². The molecule has 3 aliphatic rings. The number of hydrogen-bond donors (Lipinski definition) is 1. The molecule has 2 aliphatic carbocycles. The number of ether oxygens (including phenoxy) is 2. The third-order valence-corrected chi connectivity index (χ3v) is 7.74. The smallest absolute Gasteiger partial charge is 0.254 e. The lowest BCUT2D eigenvalue weighted by atomic mass is 9.78. The van der Waals surface area contributed by atoms with Crippen molar-refractivity contribution in [1.82, 2.24) is 4.90 Å². The Hall–Kier alpha value is -2.73. The van der Waals surface area contributed by atoms with Gasteiger partial charge in [-0.2, -0.15) is 0 Å². The van der Waals surface area contributed by atoms with E-state index in [1.807, 2.05) is 29.2 Å². The van der Waals surface area contributed by atoms with Crippen molar-refractivity contribution in [2.45, 2.75) is 69.1 Å². The van der Waals surface area contributed by atoms with E-state index in [0.717, 1.165) is 49.4 Å². The second-order valence-corrected chi connectivity index (χ2v) is 10.0. The number of piperazine rings is 1. The van der Waals surface area contributed by atoms with E-state index in [0.29, 0.717) is 25.9 Å². The predicted molar refractivity (Wildman–Crippen MR) is 133 cm³/mol. The topological polar surface area (TPSA) is 62.2 Å². The fourth-order valence-electron chi connectivity index (χ4n) is 5.55. The lowest BCUT2D eigenvalue weighted by molar-refractivity contribution is -0.163. The van der Waals surface area contributed by atoms with Gasteiger partial charge in [0.25, 0.3) is 5.91 Å². The van der Waals surface area contributed by atoms with Gasteiger partial charge >= 0.3 is 0 Å². The molecule has 1 saturated heterocycles. The molecule has 0 radical (unpaired) electrons. The van der Waals surface area contributed by atoms with Crippen LogP contribution in [0.15, 0.2) is 48.5 Å². The summed E-state index contributed by atoms with van der Waals surface area (Å²) in [5.74, 6) is 1.46. The summed E-state index contributed by atoms with van der Waals surface area (Å²) in [5, 5.41) is 10.8. The maximum atomic E-state index is 13.3. The Kier molecular flexibility index (Phi) is 6.68. The van der Waals surface area contributed by atoms with Gasteiger partial charge in [-0.3, -0.25) is 4.79 Å². The first-order chi connectivity index (χ1) is 16.6. The van der Waals surface area contributed by atoms with Crippen LogP contribution < -0.4 is 14.4 Å². The molecule has 1 amide bonds. The molecule has 0 bridgehead atoms. The highest BCUT2D eigenvalue weighted by molar-refractivity contribution is 5.86. The fraction of sp³-hybridized carbons (Fsp3) is 0.536. The van der Waals surface area contributed by atoms with Crippen LogP contribution in [0.5, 0.6) is 11.5 Å². The second kappa shape index (κ2) is 9.87. The molecular weight excluding hydrogens is 428 g/mol. The van der Waals surface area contributed by atoms with Crippen LogP contribution in [0.25, 0.3) is 0 Å². The van der Waals surface area contributed by atoms with Crippen LogP contribution in [0.3, 0.4) is 0 Å². The van der Waals surface area contributed by atoms with E-state index in [9.17, 15) is 9.90 Å². The van der Waals surface area contributed by atoms with Gasteiger partial charge in [0.1, 0.15) is 5.60 Å². The molecule has 1 aliphatic heterocycles. The van der Waals surface area contributed by atoms with Gasteiger partial charge in [-0.1, -0.05) is 30.3 Å². The monoisotopic (exact) mass is 464 g/mol. The van der Waals surface area contributed by atoms with Crippen LogP contribution in [0.1, 0.15) is 50.5 Å². The van der Waals surface area contributed by atoms with Crippen LogP contribution in [0.2, 0.25) is 0 Å².